The molecule has 0 saturated carbocycles. The molecular formula is C20H21NO7. The Bertz CT molecular complexity index is 881. The van der Waals surface area contributed by atoms with Gasteiger partial charge in [-0.3, -0.25) is 4.79 Å². The van der Waals surface area contributed by atoms with Crippen LogP contribution in [0.1, 0.15) is 24.2 Å². The summed E-state index contributed by atoms with van der Waals surface area (Å²) in [6, 6.07) is 9.70. The third kappa shape index (κ3) is 4.28. The minimum Gasteiger partial charge on any atom is -0.493 e. The predicted octanol–water partition coefficient (Wildman–Crippen LogP) is 3.01. The second-order valence-corrected chi connectivity index (χ2v) is 5.90. The highest BCUT2D eigenvalue weighted by Crippen LogP contribution is 2.34. The van der Waals surface area contributed by atoms with Crippen molar-refractivity contribution in [2.24, 2.45) is 0 Å². The van der Waals surface area contributed by atoms with Gasteiger partial charge in [-0.25, -0.2) is 4.79 Å². The zero-order valence-electron chi connectivity index (χ0n) is 15.8. The number of fused-ring (bicyclic) bond motifs is 1. The first-order valence-electron chi connectivity index (χ1n) is 8.74. The van der Waals surface area contributed by atoms with Crippen molar-refractivity contribution in [1.29, 1.82) is 0 Å². The highest BCUT2D eigenvalue weighted by Gasteiger charge is 2.21. The molecule has 0 radical (unpaired) electrons. The van der Waals surface area contributed by atoms with E-state index in [-0.39, 0.29) is 12.4 Å². The first-order valence-corrected chi connectivity index (χ1v) is 8.74. The molecule has 0 fully saturated rings. The molecule has 1 aliphatic heterocycles. The maximum atomic E-state index is 12.4. The number of anilines is 1. The van der Waals surface area contributed by atoms with Gasteiger partial charge in [-0.05, 0) is 44.2 Å². The molecule has 1 N–H and O–H groups in total. The molecule has 3 rings (SSSR count). The number of benzene rings is 2. The molecule has 0 unspecified atom stereocenters. The highest BCUT2D eigenvalue weighted by atomic mass is 16.7. The Labute approximate surface area is 162 Å². The zero-order valence-corrected chi connectivity index (χ0v) is 15.8. The summed E-state index contributed by atoms with van der Waals surface area (Å²) in [7, 11) is 1.51. The van der Waals surface area contributed by atoms with Gasteiger partial charge in [0.05, 0.1) is 19.3 Å². The van der Waals surface area contributed by atoms with E-state index in [0.29, 0.717) is 35.3 Å². The van der Waals surface area contributed by atoms with Crippen LogP contribution in [-0.2, 0) is 9.53 Å². The van der Waals surface area contributed by atoms with Crippen molar-refractivity contribution in [3.05, 3.63) is 42.0 Å². The van der Waals surface area contributed by atoms with Gasteiger partial charge in [0.2, 0.25) is 6.79 Å². The molecule has 0 aromatic heterocycles. The van der Waals surface area contributed by atoms with Crippen LogP contribution in [0.25, 0.3) is 0 Å². The van der Waals surface area contributed by atoms with E-state index in [4.69, 9.17) is 23.7 Å². The number of hydrogen-bond acceptors (Lipinski definition) is 7. The standard InChI is InChI=1S/C20H21NO7/c1-4-25-17-9-13(5-7-15(17)24-3)20(23)28-12(2)19(22)21-14-6-8-16-18(10-14)27-11-26-16/h5-10,12H,4,11H2,1-3H3,(H,21,22)/t12-/m0/s1. The summed E-state index contributed by atoms with van der Waals surface area (Å²) in [5.74, 6) is 0.984. The van der Waals surface area contributed by atoms with E-state index in [2.05, 4.69) is 5.32 Å². The number of carbonyl (C=O) groups excluding carboxylic acids is 2. The van der Waals surface area contributed by atoms with Crippen LogP contribution >= 0.6 is 0 Å². The third-order valence-electron chi connectivity index (χ3n) is 3.99. The molecule has 0 bridgehead atoms. The molecule has 28 heavy (non-hydrogen) atoms. The number of carbonyl (C=O) groups is 2. The van der Waals surface area contributed by atoms with Gasteiger partial charge < -0.3 is 29.0 Å². The van der Waals surface area contributed by atoms with Crippen LogP contribution in [0.15, 0.2) is 36.4 Å². The molecule has 0 saturated heterocycles. The van der Waals surface area contributed by atoms with Crippen LogP contribution in [0.4, 0.5) is 5.69 Å². The quantitative estimate of drug-likeness (QED) is 0.730. The van der Waals surface area contributed by atoms with E-state index in [0.717, 1.165) is 0 Å². The lowest BCUT2D eigenvalue weighted by Gasteiger charge is -2.15. The van der Waals surface area contributed by atoms with Crippen LogP contribution in [0, 0.1) is 0 Å². The minimum absolute atomic E-state index is 0.145. The van der Waals surface area contributed by atoms with Gasteiger partial charge in [0, 0.05) is 11.8 Å². The zero-order chi connectivity index (χ0) is 20.1. The molecule has 2 aromatic rings. The summed E-state index contributed by atoms with van der Waals surface area (Å²) < 4.78 is 26.4. The second-order valence-electron chi connectivity index (χ2n) is 5.90. The van der Waals surface area contributed by atoms with Crippen molar-refractivity contribution >= 4 is 17.6 Å². The molecular weight excluding hydrogens is 366 g/mol. The number of ether oxygens (including phenoxy) is 5. The van der Waals surface area contributed by atoms with E-state index < -0.39 is 18.0 Å². The van der Waals surface area contributed by atoms with Crippen molar-refractivity contribution in [3.63, 3.8) is 0 Å². The number of hydrogen-bond donors (Lipinski definition) is 1. The van der Waals surface area contributed by atoms with Crippen LogP contribution in [0.5, 0.6) is 23.0 Å². The van der Waals surface area contributed by atoms with E-state index in [9.17, 15) is 9.59 Å². The average molecular weight is 387 g/mol. The number of rotatable bonds is 7. The Morgan fingerprint density at radius 2 is 1.89 bits per heavy atom. The van der Waals surface area contributed by atoms with Crippen LogP contribution in [0.3, 0.4) is 0 Å². The van der Waals surface area contributed by atoms with Gasteiger partial charge in [0.25, 0.3) is 5.91 Å². The lowest BCUT2D eigenvalue weighted by Crippen LogP contribution is -2.30. The Morgan fingerprint density at radius 3 is 2.64 bits per heavy atom. The molecule has 8 heteroatoms. The monoisotopic (exact) mass is 387 g/mol. The summed E-state index contributed by atoms with van der Waals surface area (Å²) in [6.07, 6.45) is -1.00. The molecule has 8 nitrogen and oxygen atoms in total. The van der Waals surface area contributed by atoms with E-state index in [1.807, 2.05) is 6.92 Å². The molecule has 148 valence electrons. The van der Waals surface area contributed by atoms with Gasteiger partial charge in [-0.1, -0.05) is 0 Å². The Morgan fingerprint density at radius 1 is 1.11 bits per heavy atom. The minimum atomic E-state index is -1.00. The maximum absolute atomic E-state index is 12.4. The lowest BCUT2D eigenvalue weighted by molar-refractivity contribution is -0.123. The van der Waals surface area contributed by atoms with Crippen molar-refractivity contribution in [2.45, 2.75) is 20.0 Å². The summed E-state index contributed by atoms with van der Waals surface area (Å²) in [6.45, 7) is 3.88. The SMILES string of the molecule is CCOc1cc(C(=O)O[C@@H](C)C(=O)Nc2ccc3c(c2)OCO3)ccc1OC. The predicted molar refractivity (Wildman–Crippen MR) is 100 cm³/mol. The van der Waals surface area contributed by atoms with Crippen LogP contribution in [-0.4, -0.2) is 38.5 Å². The van der Waals surface area contributed by atoms with Gasteiger partial charge in [-0.15, -0.1) is 0 Å². The number of esters is 1. The molecule has 1 heterocycles. The smallest absolute Gasteiger partial charge is 0.339 e. The fourth-order valence-electron chi connectivity index (χ4n) is 2.57. The van der Waals surface area contributed by atoms with E-state index in [1.165, 1.54) is 20.1 Å². The first-order chi connectivity index (χ1) is 13.5. The largest absolute Gasteiger partial charge is 0.493 e. The fourth-order valence-corrected chi connectivity index (χ4v) is 2.57. The average Bonchev–Trinajstić information content (AvgIpc) is 3.16. The summed E-state index contributed by atoms with van der Waals surface area (Å²) in [4.78, 5) is 24.7. The first kappa shape index (κ1) is 19.3. The summed E-state index contributed by atoms with van der Waals surface area (Å²) >= 11 is 0. The van der Waals surface area contributed by atoms with Crippen molar-refractivity contribution in [1.82, 2.24) is 0 Å². The maximum Gasteiger partial charge on any atom is 0.339 e. The Balaban J connectivity index is 1.63. The molecule has 1 amide bonds. The van der Waals surface area contributed by atoms with Crippen LogP contribution < -0.4 is 24.3 Å². The molecule has 1 atom stereocenters. The molecule has 0 aliphatic carbocycles. The van der Waals surface area contributed by atoms with E-state index in [1.54, 1.807) is 30.3 Å². The lowest BCUT2D eigenvalue weighted by atomic mass is 10.2. The normalized spacial score (nSPS) is 12.8. The Hall–Kier alpha value is -3.42. The van der Waals surface area contributed by atoms with Gasteiger partial charge in [0.1, 0.15) is 0 Å². The van der Waals surface area contributed by atoms with Gasteiger partial charge in [-0.2, -0.15) is 0 Å². The highest BCUT2D eigenvalue weighted by molar-refractivity contribution is 5.97. The van der Waals surface area contributed by atoms with Gasteiger partial charge in [0.15, 0.2) is 29.1 Å². The number of methoxy groups -OCH3 is 1. The topological polar surface area (TPSA) is 92.3 Å². The number of amides is 1. The van der Waals surface area contributed by atoms with Crippen LogP contribution in [0.2, 0.25) is 0 Å². The number of nitrogens with one attached hydrogen (secondary N) is 1. The third-order valence-corrected chi connectivity index (χ3v) is 3.99. The summed E-state index contributed by atoms with van der Waals surface area (Å²) in [5.41, 5.74) is 0.771. The molecule has 2 aromatic carbocycles. The van der Waals surface area contributed by atoms with E-state index >= 15 is 0 Å². The molecule has 1 aliphatic rings. The van der Waals surface area contributed by atoms with Crippen molar-refractivity contribution in [2.75, 3.05) is 25.8 Å². The second kappa shape index (κ2) is 8.51. The molecule has 0 spiro atoms. The van der Waals surface area contributed by atoms with Crippen molar-refractivity contribution < 1.29 is 33.3 Å². The van der Waals surface area contributed by atoms with Gasteiger partial charge >= 0.3 is 5.97 Å². The fraction of sp³-hybridized carbons (Fsp3) is 0.300. The Kier molecular flexibility index (Phi) is 5.88. The van der Waals surface area contributed by atoms with Crippen molar-refractivity contribution in [3.8, 4) is 23.0 Å². The summed E-state index contributed by atoms with van der Waals surface area (Å²) in [5, 5.41) is 2.68.